The van der Waals surface area contributed by atoms with E-state index in [-0.39, 0.29) is 17.4 Å². The number of nitrogens with one attached hydrogen (secondary N) is 1. The van der Waals surface area contributed by atoms with E-state index in [0.29, 0.717) is 28.0 Å². The average Bonchev–Trinajstić information content (AvgIpc) is 3.49. The summed E-state index contributed by atoms with van der Waals surface area (Å²) in [5.41, 5.74) is 3.52. The van der Waals surface area contributed by atoms with Gasteiger partial charge in [0, 0.05) is 11.5 Å². The van der Waals surface area contributed by atoms with Crippen LogP contribution in [0.2, 0.25) is 0 Å². The number of hydrogen-bond donors (Lipinski definition) is 1. The molecular weight excluding hydrogens is 318 g/mol. The van der Waals surface area contributed by atoms with Crippen molar-refractivity contribution in [3.63, 3.8) is 0 Å². The summed E-state index contributed by atoms with van der Waals surface area (Å²) in [6.45, 7) is 0. The molecular formula is C19H17N3O3. The summed E-state index contributed by atoms with van der Waals surface area (Å²) in [5, 5.41) is 0.484. The Bertz CT molecular complexity index is 1020. The molecule has 1 aliphatic carbocycles. The van der Waals surface area contributed by atoms with Gasteiger partial charge < -0.3 is 4.74 Å². The van der Waals surface area contributed by atoms with E-state index in [1.165, 1.54) is 4.68 Å². The van der Waals surface area contributed by atoms with Crippen molar-refractivity contribution in [2.75, 3.05) is 12.5 Å². The molecule has 0 spiro atoms. The number of fused-ring (bicyclic) bond motifs is 1. The molecule has 1 N–H and O–H groups in total. The Morgan fingerprint density at radius 2 is 2.00 bits per heavy atom. The fourth-order valence-electron chi connectivity index (χ4n) is 2.80. The molecule has 0 radical (unpaired) electrons. The van der Waals surface area contributed by atoms with Gasteiger partial charge in [-0.3, -0.25) is 15.0 Å². The van der Waals surface area contributed by atoms with Gasteiger partial charge in [0.05, 0.1) is 18.0 Å². The van der Waals surface area contributed by atoms with E-state index < -0.39 is 0 Å². The normalized spacial score (nSPS) is 13.6. The van der Waals surface area contributed by atoms with Crippen LogP contribution in [0.15, 0.2) is 53.3 Å². The third-order valence-electron chi connectivity index (χ3n) is 4.29. The minimum atomic E-state index is -0.375. The molecule has 0 aliphatic heterocycles. The van der Waals surface area contributed by atoms with Gasteiger partial charge in [-0.25, -0.2) is 9.66 Å². The van der Waals surface area contributed by atoms with Crippen molar-refractivity contribution in [1.29, 1.82) is 0 Å². The Labute approximate surface area is 144 Å². The first kappa shape index (κ1) is 15.4. The van der Waals surface area contributed by atoms with Crippen molar-refractivity contribution in [3.8, 4) is 5.75 Å². The molecule has 1 fully saturated rings. The first-order chi connectivity index (χ1) is 12.2. The van der Waals surface area contributed by atoms with Crippen LogP contribution in [-0.4, -0.2) is 22.7 Å². The molecule has 6 heteroatoms. The quantitative estimate of drug-likeness (QED) is 0.795. The van der Waals surface area contributed by atoms with Crippen molar-refractivity contribution in [1.82, 2.24) is 9.66 Å². The number of hydrogen-bond acceptors (Lipinski definition) is 4. The number of methoxy groups -OCH3 is 1. The molecule has 0 atom stereocenters. The van der Waals surface area contributed by atoms with Gasteiger partial charge in [-0.15, -0.1) is 0 Å². The number of rotatable bonds is 4. The number of benzene rings is 2. The summed E-state index contributed by atoms with van der Waals surface area (Å²) in [6, 6.07) is 14.0. The van der Waals surface area contributed by atoms with E-state index in [1.54, 1.807) is 43.5 Å². The maximum absolute atomic E-state index is 12.9. The SMILES string of the molecule is COc1cccc(C(=O)Nn2c(C3CC3)nc3ccccc3c2=O)c1. The van der Waals surface area contributed by atoms with Gasteiger partial charge in [-0.1, -0.05) is 18.2 Å². The Balaban J connectivity index is 1.77. The molecule has 126 valence electrons. The summed E-state index contributed by atoms with van der Waals surface area (Å²) in [4.78, 5) is 30.1. The van der Waals surface area contributed by atoms with E-state index in [2.05, 4.69) is 10.4 Å². The first-order valence-corrected chi connectivity index (χ1v) is 8.14. The lowest BCUT2D eigenvalue weighted by Gasteiger charge is -2.14. The van der Waals surface area contributed by atoms with Gasteiger partial charge >= 0.3 is 0 Å². The third-order valence-corrected chi connectivity index (χ3v) is 4.29. The number of aromatic nitrogens is 2. The molecule has 0 unspecified atom stereocenters. The average molecular weight is 335 g/mol. The largest absolute Gasteiger partial charge is 0.497 e. The second-order valence-corrected chi connectivity index (χ2v) is 6.07. The molecule has 0 saturated heterocycles. The monoisotopic (exact) mass is 335 g/mol. The van der Waals surface area contributed by atoms with Crippen molar-refractivity contribution in [2.45, 2.75) is 18.8 Å². The topological polar surface area (TPSA) is 73.2 Å². The summed E-state index contributed by atoms with van der Waals surface area (Å²) >= 11 is 0. The van der Waals surface area contributed by atoms with Crippen LogP contribution in [0.1, 0.15) is 34.9 Å². The molecule has 1 aromatic heterocycles. The summed E-state index contributed by atoms with van der Waals surface area (Å²) in [7, 11) is 1.54. The lowest BCUT2D eigenvalue weighted by atomic mass is 10.2. The van der Waals surface area contributed by atoms with Crippen LogP contribution in [0.4, 0.5) is 0 Å². The molecule has 1 saturated carbocycles. The standard InChI is InChI=1S/C19H17N3O3/c1-25-14-6-4-5-13(11-14)18(23)21-22-17(12-9-10-12)20-16-8-3-2-7-15(16)19(22)24/h2-8,11-12H,9-10H2,1H3,(H,21,23). The number of carbonyl (C=O) groups excluding carboxylic acids is 1. The highest BCUT2D eigenvalue weighted by Gasteiger charge is 2.30. The maximum Gasteiger partial charge on any atom is 0.280 e. The molecule has 4 rings (SSSR count). The van der Waals surface area contributed by atoms with Gasteiger partial charge in [0.1, 0.15) is 11.6 Å². The Morgan fingerprint density at radius 1 is 1.20 bits per heavy atom. The molecule has 1 aliphatic rings. The lowest BCUT2D eigenvalue weighted by molar-refractivity contribution is 0.101. The molecule has 3 aromatic rings. The smallest absolute Gasteiger partial charge is 0.280 e. The highest BCUT2D eigenvalue weighted by Crippen LogP contribution is 2.38. The van der Waals surface area contributed by atoms with E-state index in [0.717, 1.165) is 12.8 Å². The molecule has 25 heavy (non-hydrogen) atoms. The zero-order chi connectivity index (χ0) is 17.4. The zero-order valence-electron chi connectivity index (χ0n) is 13.7. The van der Waals surface area contributed by atoms with Crippen LogP contribution in [0.3, 0.4) is 0 Å². The van der Waals surface area contributed by atoms with Crippen LogP contribution in [0, 0.1) is 0 Å². The van der Waals surface area contributed by atoms with E-state index in [4.69, 9.17) is 4.74 Å². The van der Waals surface area contributed by atoms with Crippen molar-refractivity contribution in [3.05, 3.63) is 70.3 Å². The second-order valence-electron chi connectivity index (χ2n) is 6.07. The van der Waals surface area contributed by atoms with Gasteiger partial charge in [0.15, 0.2) is 0 Å². The van der Waals surface area contributed by atoms with Crippen molar-refractivity contribution >= 4 is 16.8 Å². The van der Waals surface area contributed by atoms with Crippen LogP contribution in [0.5, 0.6) is 5.75 Å². The summed E-state index contributed by atoms with van der Waals surface area (Å²) in [5.74, 6) is 1.03. The predicted molar refractivity (Wildman–Crippen MR) is 94.7 cm³/mol. The van der Waals surface area contributed by atoms with Gasteiger partial charge in [0.2, 0.25) is 0 Å². The van der Waals surface area contributed by atoms with E-state index in [1.807, 2.05) is 12.1 Å². The van der Waals surface area contributed by atoms with Crippen LogP contribution in [-0.2, 0) is 0 Å². The highest BCUT2D eigenvalue weighted by atomic mass is 16.5. The van der Waals surface area contributed by atoms with Gasteiger partial charge in [-0.2, -0.15) is 0 Å². The van der Waals surface area contributed by atoms with Gasteiger partial charge in [-0.05, 0) is 43.2 Å². The molecule has 0 bridgehead atoms. The minimum Gasteiger partial charge on any atom is -0.497 e. The number of carbonyl (C=O) groups is 1. The van der Waals surface area contributed by atoms with E-state index >= 15 is 0 Å². The molecule has 1 heterocycles. The fraction of sp³-hybridized carbons (Fsp3) is 0.211. The number of nitrogens with zero attached hydrogens (tertiary/aromatic N) is 2. The van der Waals surface area contributed by atoms with Crippen LogP contribution in [0.25, 0.3) is 10.9 Å². The van der Waals surface area contributed by atoms with Crippen molar-refractivity contribution in [2.24, 2.45) is 0 Å². The Hall–Kier alpha value is -3.15. The first-order valence-electron chi connectivity index (χ1n) is 8.14. The number of ether oxygens (including phenoxy) is 1. The van der Waals surface area contributed by atoms with Crippen molar-refractivity contribution < 1.29 is 9.53 Å². The Kier molecular flexibility index (Phi) is 3.72. The summed E-state index contributed by atoms with van der Waals surface area (Å²) in [6.07, 6.45) is 1.94. The highest BCUT2D eigenvalue weighted by molar-refractivity contribution is 6.00. The van der Waals surface area contributed by atoms with Crippen LogP contribution < -0.4 is 15.7 Å². The number of para-hydroxylation sites is 1. The maximum atomic E-state index is 12.9. The second kappa shape index (κ2) is 6.05. The molecule has 2 aromatic carbocycles. The number of amides is 1. The Morgan fingerprint density at radius 3 is 2.76 bits per heavy atom. The lowest BCUT2D eigenvalue weighted by Crippen LogP contribution is -2.36. The van der Waals surface area contributed by atoms with Gasteiger partial charge in [0.25, 0.3) is 11.5 Å². The molecule has 1 amide bonds. The van der Waals surface area contributed by atoms with Crippen LogP contribution >= 0.6 is 0 Å². The van der Waals surface area contributed by atoms with E-state index in [9.17, 15) is 9.59 Å². The minimum absolute atomic E-state index is 0.211. The fourth-order valence-corrected chi connectivity index (χ4v) is 2.80. The summed E-state index contributed by atoms with van der Waals surface area (Å²) < 4.78 is 6.44. The molecule has 6 nitrogen and oxygen atoms in total. The zero-order valence-corrected chi connectivity index (χ0v) is 13.7. The third kappa shape index (κ3) is 2.87. The predicted octanol–water partition coefficient (Wildman–Crippen LogP) is 2.67.